The maximum absolute atomic E-state index is 9.24. The Kier molecular flexibility index (Phi) is 4.01. The van der Waals surface area contributed by atoms with Crippen molar-refractivity contribution >= 4 is 0 Å². The number of rotatable bonds is 3. The highest BCUT2D eigenvalue weighted by molar-refractivity contribution is 4.87. The zero-order valence-electron chi connectivity index (χ0n) is 6.53. The van der Waals surface area contributed by atoms with E-state index in [4.69, 9.17) is 10.00 Å². The lowest BCUT2D eigenvalue weighted by atomic mass is 10.0. The molecule has 0 aliphatic heterocycles. The van der Waals surface area contributed by atoms with Crippen molar-refractivity contribution in [3.63, 3.8) is 0 Å². The average molecular weight is 143 g/mol. The number of methoxy groups -OCH3 is 1. The first-order valence-electron chi connectivity index (χ1n) is 3.24. The zero-order valence-corrected chi connectivity index (χ0v) is 6.53. The van der Waals surface area contributed by atoms with Crippen LogP contribution in [0, 0.1) is 17.2 Å². The van der Waals surface area contributed by atoms with Crippen molar-refractivity contribution in [2.45, 2.75) is 26.1 Å². The summed E-state index contributed by atoms with van der Waals surface area (Å²) in [5.41, 5.74) is 0. The van der Waals surface area contributed by atoms with Crippen molar-refractivity contribution in [3.8, 4) is 6.07 Å². The van der Waals surface area contributed by atoms with Gasteiger partial charge < -0.3 is 9.84 Å². The van der Waals surface area contributed by atoms with Gasteiger partial charge in [0, 0.05) is 7.11 Å². The van der Waals surface area contributed by atoms with Crippen LogP contribution >= 0.6 is 0 Å². The molecule has 0 aromatic rings. The van der Waals surface area contributed by atoms with Gasteiger partial charge in [-0.1, -0.05) is 0 Å². The molecule has 0 radical (unpaired) electrons. The van der Waals surface area contributed by atoms with Gasteiger partial charge in [0.25, 0.3) is 0 Å². The first-order chi connectivity index (χ1) is 4.63. The average Bonchev–Trinajstić information content (AvgIpc) is 2.00. The first kappa shape index (κ1) is 9.41. The normalized spacial score (nSPS) is 19.1. The molecule has 58 valence electrons. The molecule has 0 rings (SSSR count). The second-order valence-corrected chi connectivity index (χ2v) is 2.35. The summed E-state index contributed by atoms with van der Waals surface area (Å²) < 4.78 is 4.83. The standard InChI is InChI=1S/C7H13NO2/c1-5(4-8)7(9)6(2)10-3/h5-7,9H,1-3H3. The van der Waals surface area contributed by atoms with Gasteiger partial charge in [-0.25, -0.2) is 0 Å². The molecule has 0 aliphatic carbocycles. The van der Waals surface area contributed by atoms with Gasteiger partial charge in [0.1, 0.15) is 0 Å². The van der Waals surface area contributed by atoms with Gasteiger partial charge in [0.15, 0.2) is 0 Å². The fourth-order valence-corrected chi connectivity index (χ4v) is 0.622. The molecular weight excluding hydrogens is 130 g/mol. The molecule has 0 aromatic carbocycles. The topological polar surface area (TPSA) is 53.2 Å². The van der Waals surface area contributed by atoms with E-state index in [1.165, 1.54) is 7.11 Å². The van der Waals surface area contributed by atoms with E-state index < -0.39 is 6.10 Å². The van der Waals surface area contributed by atoms with Crippen molar-refractivity contribution in [1.82, 2.24) is 0 Å². The highest BCUT2D eigenvalue weighted by Crippen LogP contribution is 2.07. The van der Waals surface area contributed by atoms with Gasteiger partial charge in [-0.15, -0.1) is 0 Å². The molecule has 0 fully saturated rings. The van der Waals surface area contributed by atoms with Gasteiger partial charge in [-0.3, -0.25) is 0 Å². The Morgan fingerprint density at radius 3 is 2.30 bits per heavy atom. The van der Waals surface area contributed by atoms with E-state index in [1.807, 2.05) is 6.07 Å². The van der Waals surface area contributed by atoms with Crippen LogP contribution in [0.25, 0.3) is 0 Å². The Hall–Kier alpha value is -0.590. The Bertz CT molecular complexity index is 130. The number of aliphatic hydroxyl groups is 1. The molecule has 0 aliphatic rings. The lowest BCUT2D eigenvalue weighted by Crippen LogP contribution is -2.30. The van der Waals surface area contributed by atoms with Crippen molar-refractivity contribution in [3.05, 3.63) is 0 Å². The third kappa shape index (κ3) is 2.34. The van der Waals surface area contributed by atoms with Crippen LogP contribution < -0.4 is 0 Å². The Balaban J connectivity index is 3.84. The molecule has 10 heavy (non-hydrogen) atoms. The van der Waals surface area contributed by atoms with Gasteiger partial charge >= 0.3 is 0 Å². The molecule has 0 aromatic heterocycles. The van der Waals surface area contributed by atoms with Crippen LogP contribution in [-0.2, 0) is 4.74 Å². The maximum atomic E-state index is 9.24. The number of hydrogen-bond acceptors (Lipinski definition) is 3. The number of ether oxygens (including phenoxy) is 1. The lowest BCUT2D eigenvalue weighted by molar-refractivity contribution is -0.0163. The molecule has 3 heteroatoms. The van der Waals surface area contributed by atoms with E-state index in [2.05, 4.69) is 0 Å². The maximum Gasteiger partial charge on any atom is 0.0953 e. The van der Waals surface area contributed by atoms with E-state index in [0.717, 1.165) is 0 Å². The largest absolute Gasteiger partial charge is 0.389 e. The van der Waals surface area contributed by atoms with Gasteiger partial charge in [-0.05, 0) is 13.8 Å². The molecule has 0 saturated carbocycles. The van der Waals surface area contributed by atoms with Crippen LogP contribution in [0.5, 0.6) is 0 Å². The summed E-state index contributed by atoms with van der Waals surface area (Å²) in [6.07, 6.45) is -0.954. The van der Waals surface area contributed by atoms with Gasteiger partial charge in [0.05, 0.1) is 24.2 Å². The third-order valence-corrected chi connectivity index (χ3v) is 1.57. The van der Waals surface area contributed by atoms with Crippen LogP contribution in [-0.4, -0.2) is 24.4 Å². The van der Waals surface area contributed by atoms with E-state index >= 15 is 0 Å². The van der Waals surface area contributed by atoms with Crippen LogP contribution in [0.1, 0.15) is 13.8 Å². The van der Waals surface area contributed by atoms with Crippen molar-refractivity contribution in [2.24, 2.45) is 5.92 Å². The van der Waals surface area contributed by atoms with Crippen LogP contribution in [0.2, 0.25) is 0 Å². The van der Waals surface area contributed by atoms with E-state index in [0.29, 0.717) is 0 Å². The quantitative estimate of drug-likeness (QED) is 0.627. The van der Waals surface area contributed by atoms with E-state index in [1.54, 1.807) is 13.8 Å². The Morgan fingerprint density at radius 1 is 1.50 bits per heavy atom. The summed E-state index contributed by atoms with van der Waals surface area (Å²) in [6.45, 7) is 3.40. The molecule has 3 nitrogen and oxygen atoms in total. The zero-order chi connectivity index (χ0) is 8.15. The van der Waals surface area contributed by atoms with Crippen molar-refractivity contribution in [1.29, 1.82) is 5.26 Å². The molecule has 3 unspecified atom stereocenters. The summed E-state index contributed by atoms with van der Waals surface area (Å²) in [7, 11) is 1.51. The number of nitrogens with zero attached hydrogens (tertiary/aromatic N) is 1. The van der Waals surface area contributed by atoms with Crippen LogP contribution in [0.4, 0.5) is 0 Å². The second-order valence-electron chi connectivity index (χ2n) is 2.35. The second kappa shape index (κ2) is 4.26. The molecule has 0 amide bonds. The third-order valence-electron chi connectivity index (χ3n) is 1.57. The molecule has 0 bridgehead atoms. The summed E-state index contributed by atoms with van der Waals surface area (Å²) in [6, 6.07) is 1.95. The number of nitriles is 1. The SMILES string of the molecule is COC(C)C(O)C(C)C#N. The number of aliphatic hydroxyl groups excluding tert-OH is 1. The molecule has 0 spiro atoms. The number of hydrogen-bond donors (Lipinski definition) is 1. The van der Waals surface area contributed by atoms with Gasteiger partial charge in [0.2, 0.25) is 0 Å². The monoisotopic (exact) mass is 143 g/mol. The van der Waals surface area contributed by atoms with E-state index in [-0.39, 0.29) is 12.0 Å². The van der Waals surface area contributed by atoms with E-state index in [9.17, 15) is 5.11 Å². The lowest BCUT2D eigenvalue weighted by Gasteiger charge is -2.18. The molecule has 0 heterocycles. The Morgan fingerprint density at radius 2 is 2.00 bits per heavy atom. The highest BCUT2D eigenvalue weighted by Gasteiger charge is 2.19. The summed E-state index contributed by atoms with van der Waals surface area (Å²) in [5, 5.41) is 17.6. The minimum absolute atomic E-state index is 0.269. The van der Waals surface area contributed by atoms with Crippen molar-refractivity contribution < 1.29 is 9.84 Å². The molecule has 1 N–H and O–H groups in total. The molecule has 3 atom stereocenters. The fraction of sp³-hybridized carbons (Fsp3) is 0.857. The Labute approximate surface area is 61.2 Å². The summed E-state index contributed by atoms with van der Waals surface area (Å²) in [5.74, 6) is -0.366. The fourth-order valence-electron chi connectivity index (χ4n) is 0.622. The highest BCUT2D eigenvalue weighted by atomic mass is 16.5. The summed E-state index contributed by atoms with van der Waals surface area (Å²) >= 11 is 0. The smallest absolute Gasteiger partial charge is 0.0953 e. The van der Waals surface area contributed by atoms with Crippen LogP contribution in [0.15, 0.2) is 0 Å². The minimum atomic E-state index is -0.685. The predicted octanol–water partition coefficient (Wildman–Crippen LogP) is 0.542. The van der Waals surface area contributed by atoms with Gasteiger partial charge in [-0.2, -0.15) is 5.26 Å². The van der Waals surface area contributed by atoms with Crippen LogP contribution in [0.3, 0.4) is 0 Å². The first-order valence-corrected chi connectivity index (χ1v) is 3.24. The predicted molar refractivity (Wildman–Crippen MR) is 37.3 cm³/mol. The summed E-state index contributed by atoms with van der Waals surface area (Å²) in [4.78, 5) is 0. The molecule has 0 saturated heterocycles. The molecular formula is C7H13NO2. The minimum Gasteiger partial charge on any atom is -0.389 e. The van der Waals surface area contributed by atoms with Crippen molar-refractivity contribution in [2.75, 3.05) is 7.11 Å².